The monoisotopic (exact) mass is 333 g/mol. The minimum atomic E-state index is -0.339. The van der Waals surface area contributed by atoms with Gasteiger partial charge < -0.3 is 15.5 Å². The first kappa shape index (κ1) is 16.6. The minimum Gasteiger partial charge on any atom is -0.508 e. The van der Waals surface area contributed by atoms with E-state index in [0.29, 0.717) is 10.6 Å². The molecule has 0 aliphatic carbocycles. The summed E-state index contributed by atoms with van der Waals surface area (Å²) in [7, 11) is 0. The number of amides is 1. The van der Waals surface area contributed by atoms with Crippen molar-refractivity contribution in [1.29, 1.82) is 0 Å². The number of phenols is 2. The standard InChI is InChI=1S/C16H16ClN3O3/c1-10-6-12(17)3-5-14(10)18-9-16(23)20-19-8-11-2-4-13(21)7-15(11)22/h2-8,18,21-22H,9H2,1H3,(H,20,23). The molecule has 2 aromatic rings. The molecule has 0 saturated heterocycles. The molecule has 0 atom stereocenters. The molecular weight excluding hydrogens is 318 g/mol. The van der Waals surface area contributed by atoms with E-state index >= 15 is 0 Å². The number of hydrogen-bond acceptors (Lipinski definition) is 5. The van der Waals surface area contributed by atoms with Crippen molar-refractivity contribution in [3.05, 3.63) is 52.5 Å². The molecule has 0 saturated carbocycles. The van der Waals surface area contributed by atoms with E-state index in [1.165, 1.54) is 24.4 Å². The van der Waals surface area contributed by atoms with Crippen LogP contribution in [0.4, 0.5) is 5.69 Å². The Morgan fingerprint density at radius 2 is 2.04 bits per heavy atom. The second-order valence-corrected chi connectivity index (χ2v) is 5.29. The summed E-state index contributed by atoms with van der Waals surface area (Å²) >= 11 is 5.87. The number of aryl methyl sites for hydroxylation is 1. The topological polar surface area (TPSA) is 94.0 Å². The van der Waals surface area contributed by atoms with E-state index in [4.69, 9.17) is 11.6 Å². The molecule has 2 aromatic carbocycles. The van der Waals surface area contributed by atoms with E-state index in [1.807, 2.05) is 6.92 Å². The second kappa shape index (κ2) is 7.51. The normalized spacial score (nSPS) is 10.7. The molecule has 4 N–H and O–H groups in total. The molecule has 0 bridgehead atoms. The predicted octanol–water partition coefficient (Wildman–Crippen LogP) is 2.62. The molecule has 0 heterocycles. The number of halogens is 1. The maximum absolute atomic E-state index is 11.7. The summed E-state index contributed by atoms with van der Waals surface area (Å²) in [6.45, 7) is 1.93. The van der Waals surface area contributed by atoms with Gasteiger partial charge in [-0.15, -0.1) is 0 Å². The first-order chi connectivity index (χ1) is 11.0. The number of anilines is 1. The lowest BCUT2D eigenvalue weighted by Crippen LogP contribution is -2.26. The van der Waals surface area contributed by atoms with Crippen molar-refractivity contribution < 1.29 is 15.0 Å². The highest BCUT2D eigenvalue weighted by molar-refractivity contribution is 6.30. The SMILES string of the molecule is Cc1cc(Cl)ccc1NCC(=O)NN=Cc1ccc(O)cc1O. The van der Waals surface area contributed by atoms with Crippen LogP contribution in [0.25, 0.3) is 0 Å². The van der Waals surface area contributed by atoms with Crippen LogP contribution in [0.3, 0.4) is 0 Å². The predicted molar refractivity (Wildman–Crippen MR) is 90.2 cm³/mol. The molecule has 0 aliphatic rings. The molecular formula is C16H16ClN3O3. The van der Waals surface area contributed by atoms with Crippen molar-refractivity contribution in [3.8, 4) is 11.5 Å². The summed E-state index contributed by atoms with van der Waals surface area (Å²) < 4.78 is 0. The van der Waals surface area contributed by atoms with Crippen molar-refractivity contribution in [2.45, 2.75) is 6.92 Å². The fourth-order valence-electron chi connectivity index (χ4n) is 1.86. The molecule has 7 heteroatoms. The van der Waals surface area contributed by atoms with Crippen LogP contribution >= 0.6 is 11.6 Å². The summed E-state index contributed by atoms with van der Waals surface area (Å²) in [6, 6.07) is 9.41. The van der Waals surface area contributed by atoms with Gasteiger partial charge in [-0.05, 0) is 42.8 Å². The van der Waals surface area contributed by atoms with Crippen LogP contribution < -0.4 is 10.7 Å². The van der Waals surface area contributed by atoms with Crippen molar-refractivity contribution in [3.63, 3.8) is 0 Å². The van der Waals surface area contributed by atoms with Crippen LogP contribution in [0.5, 0.6) is 11.5 Å². The Bertz CT molecular complexity index is 747. The lowest BCUT2D eigenvalue weighted by atomic mass is 10.2. The summed E-state index contributed by atoms with van der Waals surface area (Å²) in [6.07, 6.45) is 1.29. The van der Waals surface area contributed by atoms with Crippen LogP contribution in [0.1, 0.15) is 11.1 Å². The van der Waals surface area contributed by atoms with Crippen LogP contribution in [-0.4, -0.2) is 28.9 Å². The number of benzene rings is 2. The first-order valence-electron chi connectivity index (χ1n) is 6.79. The molecule has 0 radical (unpaired) electrons. The zero-order valence-electron chi connectivity index (χ0n) is 12.4. The molecule has 1 amide bonds. The second-order valence-electron chi connectivity index (χ2n) is 4.85. The largest absolute Gasteiger partial charge is 0.508 e. The summed E-state index contributed by atoms with van der Waals surface area (Å²) in [5.41, 5.74) is 4.46. The van der Waals surface area contributed by atoms with E-state index < -0.39 is 0 Å². The van der Waals surface area contributed by atoms with Gasteiger partial charge in [-0.3, -0.25) is 4.79 Å². The van der Waals surface area contributed by atoms with E-state index in [-0.39, 0.29) is 24.0 Å². The number of hydrazone groups is 1. The number of rotatable bonds is 5. The average Bonchev–Trinajstić information content (AvgIpc) is 2.48. The number of carbonyl (C=O) groups excluding carboxylic acids is 1. The number of phenolic OH excluding ortho intramolecular Hbond substituents is 2. The maximum Gasteiger partial charge on any atom is 0.259 e. The average molecular weight is 334 g/mol. The first-order valence-corrected chi connectivity index (χ1v) is 7.17. The van der Waals surface area contributed by atoms with Gasteiger partial charge in [0.05, 0.1) is 12.8 Å². The number of hydrogen-bond donors (Lipinski definition) is 4. The molecule has 0 fully saturated rings. The van der Waals surface area contributed by atoms with Gasteiger partial charge in [-0.25, -0.2) is 5.43 Å². The van der Waals surface area contributed by atoms with Crippen molar-refractivity contribution in [2.75, 3.05) is 11.9 Å². The van der Waals surface area contributed by atoms with Crippen LogP contribution in [0, 0.1) is 6.92 Å². The molecule has 2 rings (SSSR count). The Morgan fingerprint density at radius 3 is 2.74 bits per heavy atom. The van der Waals surface area contributed by atoms with Gasteiger partial charge in [0.2, 0.25) is 0 Å². The van der Waals surface area contributed by atoms with Gasteiger partial charge >= 0.3 is 0 Å². The third-order valence-electron chi connectivity index (χ3n) is 3.03. The minimum absolute atomic E-state index is 0.0430. The van der Waals surface area contributed by atoms with Gasteiger partial charge in [-0.2, -0.15) is 5.10 Å². The smallest absolute Gasteiger partial charge is 0.259 e. The van der Waals surface area contributed by atoms with Gasteiger partial charge in [0.15, 0.2) is 0 Å². The third-order valence-corrected chi connectivity index (χ3v) is 3.27. The fraction of sp³-hybridized carbons (Fsp3) is 0.125. The van der Waals surface area contributed by atoms with Crippen LogP contribution in [0.15, 0.2) is 41.5 Å². The zero-order valence-corrected chi connectivity index (χ0v) is 13.1. The number of nitrogens with one attached hydrogen (secondary N) is 2. The van der Waals surface area contributed by atoms with E-state index in [1.54, 1.807) is 18.2 Å². The third kappa shape index (κ3) is 4.89. The van der Waals surface area contributed by atoms with Crippen molar-refractivity contribution in [2.24, 2.45) is 5.10 Å². The molecule has 0 aliphatic heterocycles. The van der Waals surface area contributed by atoms with Crippen molar-refractivity contribution >= 4 is 29.4 Å². The summed E-state index contributed by atoms with van der Waals surface area (Å²) in [5.74, 6) is -0.516. The van der Waals surface area contributed by atoms with Crippen LogP contribution in [-0.2, 0) is 4.79 Å². The lowest BCUT2D eigenvalue weighted by molar-refractivity contribution is -0.119. The quantitative estimate of drug-likeness (QED) is 0.500. The number of carbonyl (C=O) groups is 1. The number of nitrogens with zero attached hydrogens (tertiary/aromatic N) is 1. The highest BCUT2D eigenvalue weighted by atomic mass is 35.5. The van der Waals surface area contributed by atoms with Gasteiger partial charge in [-0.1, -0.05) is 11.6 Å². The Kier molecular flexibility index (Phi) is 5.43. The molecule has 0 aromatic heterocycles. The Labute approximate surface area is 138 Å². The van der Waals surface area contributed by atoms with E-state index in [9.17, 15) is 15.0 Å². The summed E-state index contributed by atoms with van der Waals surface area (Å²) in [4.78, 5) is 11.7. The van der Waals surface area contributed by atoms with Crippen molar-refractivity contribution in [1.82, 2.24) is 5.43 Å². The zero-order chi connectivity index (χ0) is 16.8. The molecule has 23 heavy (non-hydrogen) atoms. The molecule has 6 nitrogen and oxygen atoms in total. The van der Waals surface area contributed by atoms with Gasteiger partial charge in [0.25, 0.3) is 5.91 Å². The van der Waals surface area contributed by atoms with E-state index in [0.717, 1.165) is 11.3 Å². The lowest BCUT2D eigenvalue weighted by Gasteiger charge is -2.08. The molecule has 0 unspecified atom stereocenters. The van der Waals surface area contributed by atoms with E-state index in [2.05, 4.69) is 15.8 Å². The van der Waals surface area contributed by atoms with Gasteiger partial charge in [0, 0.05) is 22.3 Å². The maximum atomic E-state index is 11.7. The summed E-state index contributed by atoms with van der Waals surface area (Å²) in [5, 5.41) is 26.1. The highest BCUT2D eigenvalue weighted by Crippen LogP contribution is 2.21. The molecule has 0 spiro atoms. The van der Waals surface area contributed by atoms with Crippen LogP contribution in [0.2, 0.25) is 5.02 Å². The number of aromatic hydroxyl groups is 2. The van der Waals surface area contributed by atoms with Gasteiger partial charge in [0.1, 0.15) is 11.5 Å². The molecule has 120 valence electrons. The Balaban J connectivity index is 1.86. The highest BCUT2D eigenvalue weighted by Gasteiger charge is 2.03. The Morgan fingerprint density at radius 1 is 1.26 bits per heavy atom. The fourth-order valence-corrected chi connectivity index (χ4v) is 2.08. The Hall–Kier alpha value is -2.73.